The predicted octanol–water partition coefficient (Wildman–Crippen LogP) is 4.68. The Hall–Kier alpha value is -1.55. The van der Waals surface area contributed by atoms with E-state index in [1.165, 1.54) is 19.3 Å². The standard InChI is InChI=1S/C19H22BrNO2/c1-13-4-2-3-5-18(13)21-19(22)12-23-17-9-7-14-10-16(20)8-6-15(14)11-17/h6-11,13,18H,2-5,12H2,1H3,(H,21,22). The van der Waals surface area contributed by atoms with Gasteiger partial charge in [-0.1, -0.05) is 47.8 Å². The SMILES string of the molecule is CC1CCCCC1NC(=O)COc1ccc2cc(Br)ccc2c1. The van der Waals surface area contributed by atoms with Crippen molar-refractivity contribution in [1.82, 2.24) is 5.32 Å². The molecule has 1 fully saturated rings. The number of carbonyl (C=O) groups excluding carboxylic acids is 1. The van der Waals surface area contributed by atoms with Gasteiger partial charge in [0, 0.05) is 10.5 Å². The second-order valence-electron chi connectivity index (χ2n) is 6.38. The fraction of sp³-hybridized carbons (Fsp3) is 0.421. The van der Waals surface area contributed by atoms with Crippen LogP contribution in [0, 0.1) is 5.92 Å². The van der Waals surface area contributed by atoms with Gasteiger partial charge < -0.3 is 10.1 Å². The number of amides is 1. The quantitative estimate of drug-likeness (QED) is 0.842. The van der Waals surface area contributed by atoms with Crippen LogP contribution in [0.5, 0.6) is 5.75 Å². The lowest BCUT2D eigenvalue weighted by Crippen LogP contribution is -2.43. The number of rotatable bonds is 4. The van der Waals surface area contributed by atoms with Crippen LogP contribution in [-0.4, -0.2) is 18.6 Å². The molecule has 3 rings (SSSR count). The average Bonchev–Trinajstić information content (AvgIpc) is 2.55. The molecule has 1 N–H and O–H groups in total. The molecule has 1 aliphatic rings. The van der Waals surface area contributed by atoms with Gasteiger partial charge in [0.15, 0.2) is 6.61 Å². The Morgan fingerprint density at radius 3 is 2.74 bits per heavy atom. The molecule has 1 aliphatic carbocycles. The zero-order valence-electron chi connectivity index (χ0n) is 13.3. The van der Waals surface area contributed by atoms with Crippen molar-refractivity contribution < 1.29 is 9.53 Å². The van der Waals surface area contributed by atoms with Gasteiger partial charge in [0.1, 0.15) is 5.75 Å². The number of carbonyl (C=O) groups is 1. The number of hydrogen-bond acceptors (Lipinski definition) is 2. The fourth-order valence-corrected chi connectivity index (χ4v) is 3.59. The maximum absolute atomic E-state index is 12.1. The van der Waals surface area contributed by atoms with Crippen molar-refractivity contribution in [2.24, 2.45) is 5.92 Å². The summed E-state index contributed by atoms with van der Waals surface area (Å²) in [5.41, 5.74) is 0. The summed E-state index contributed by atoms with van der Waals surface area (Å²) in [7, 11) is 0. The molecule has 2 aromatic carbocycles. The zero-order chi connectivity index (χ0) is 16.2. The van der Waals surface area contributed by atoms with Gasteiger partial charge in [0.05, 0.1) is 0 Å². The van der Waals surface area contributed by atoms with Crippen LogP contribution >= 0.6 is 15.9 Å². The molecule has 0 spiro atoms. The van der Waals surface area contributed by atoms with Crippen LogP contribution in [-0.2, 0) is 4.79 Å². The van der Waals surface area contributed by atoms with Gasteiger partial charge in [-0.25, -0.2) is 0 Å². The molecule has 4 heteroatoms. The van der Waals surface area contributed by atoms with Crippen LogP contribution in [0.1, 0.15) is 32.6 Å². The van der Waals surface area contributed by atoms with Gasteiger partial charge in [0.25, 0.3) is 5.91 Å². The molecular formula is C19H22BrNO2. The number of ether oxygens (including phenoxy) is 1. The largest absolute Gasteiger partial charge is 0.484 e. The number of fused-ring (bicyclic) bond motifs is 1. The topological polar surface area (TPSA) is 38.3 Å². The maximum Gasteiger partial charge on any atom is 0.258 e. The van der Waals surface area contributed by atoms with E-state index in [4.69, 9.17) is 4.74 Å². The maximum atomic E-state index is 12.1. The summed E-state index contributed by atoms with van der Waals surface area (Å²) in [6.07, 6.45) is 4.76. The minimum atomic E-state index is -0.0281. The highest BCUT2D eigenvalue weighted by atomic mass is 79.9. The molecule has 1 amide bonds. The molecule has 0 bridgehead atoms. The van der Waals surface area contributed by atoms with E-state index in [-0.39, 0.29) is 12.5 Å². The van der Waals surface area contributed by atoms with Crippen LogP contribution in [0.25, 0.3) is 10.8 Å². The van der Waals surface area contributed by atoms with Crippen LogP contribution in [0.2, 0.25) is 0 Å². The van der Waals surface area contributed by atoms with E-state index in [1.807, 2.05) is 30.3 Å². The lowest BCUT2D eigenvalue weighted by Gasteiger charge is -2.29. The lowest BCUT2D eigenvalue weighted by molar-refractivity contribution is -0.124. The summed E-state index contributed by atoms with van der Waals surface area (Å²) in [5, 5.41) is 5.36. The number of halogens is 1. The van der Waals surface area contributed by atoms with Crippen molar-refractivity contribution in [2.75, 3.05) is 6.61 Å². The molecule has 1 saturated carbocycles. The first-order chi connectivity index (χ1) is 11.1. The van der Waals surface area contributed by atoms with E-state index in [0.29, 0.717) is 12.0 Å². The molecule has 0 aromatic heterocycles. The van der Waals surface area contributed by atoms with Gasteiger partial charge in [-0.2, -0.15) is 0 Å². The minimum Gasteiger partial charge on any atom is -0.484 e. The lowest BCUT2D eigenvalue weighted by atomic mass is 9.86. The highest BCUT2D eigenvalue weighted by Crippen LogP contribution is 2.25. The third kappa shape index (κ3) is 4.25. The fourth-order valence-electron chi connectivity index (χ4n) is 3.21. The first-order valence-electron chi connectivity index (χ1n) is 8.23. The number of benzene rings is 2. The summed E-state index contributed by atoms with van der Waals surface area (Å²) in [5.74, 6) is 1.26. The van der Waals surface area contributed by atoms with Crippen LogP contribution < -0.4 is 10.1 Å². The Labute approximate surface area is 145 Å². The number of hydrogen-bond donors (Lipinski definition) is 1. The zero-order valence-corrected chi connectivity index (χ0v) is 14.9. The summed E-state index contributed by atoms with van der Waals surface area (Å²) in [4.78, 5) is 12.1. The van der Waals surface area contributed by atoms with Crippen molar-refractivity contribution in [3.05, 3.63) is 40.9 Å². The van der Waals surface area contributed by atoms with Crippen LogP contribution in [0.3, 0.4) is 0 Å². The second kappa shape index (κ2) is 7.35. The van der Waals surface area contributed by atoms with Crippen LogP contribution in [0.4, 0.5) is 0 Å². The van der Waals surface area contributed by atoms with E-state index in [9.17, 15) is 4.79 Å². The summed E-state index contributed by atoms with van der Waals surface area (Å²) >= 11 is 3.47. The van der Waals surface area contributed by atoms with Gasteiger partial charge in [-0.05, 0) is 53.8 Å². The van der Waals surface area contributed by atoms with Gasteiger partial charge in [-0.3, -0.25) is 4.79 Å². The molecule has 2 aromatic rings. The Morgan fingerprint density at radius 1 is 1.17 bits per heavy atom. The van der Waals surface area contributed by atoms with E-state index in [2.05, 4.69) is 34.2 Å². The molecule has 0 aliphatic heterocycles. The van der Waals surface area contributed by atoms with Gasteiger partial charge in [-0.15, -0.1) is 0 Å². The Bertz CT molecular complexity index is 701. The van der Waals surface area contributed by atoms with Crippen LogP contribution in [0.15, 0.2) is 40.9 Å². The van der Waals surface area contributed by atoms with Gasteiger partial charge in [0.2, 0.25) is 0 Å². The van der Waals surface area contributed by atoms with Crippen molar-refractivity contribution in [2.45, 2.75) is 38.6 Å². The Kier molecular flexibility index (Phi) is 5.21. The first-order valence-corrected chi connectivity index (χ1v) is 9.02. The third-order valence-corrected chi connectivity index (χ3v) is 5.09. The predicted molar refractivity (Wildman–Crippen MR) is 96.7 cm³/mol. The highest BCUT2D eigenvalue weighted by molar-refractivity contribution is 9.10. The average molecular weight is 376 g/mol. The van der Waals surface area contributed by atoms with Crippen molar-refractivity contribution in [3.63, 3.8) is 0 Å². The number of nitrogens with one attached hydrogen (secondary N) is 1. The Morgan fingerprint density at radius 2 is 1.91 bits per heavy atom. The molecular weight excluding hydrogens is 354 g/mol. The molecule has 3 nitrogen and oxygen atoms in total. The molecule has 122 valence electrons. The van der Waals surface area contributed by atoms with E-state index < -0.39 is 0 Å². The molecule has 2 atom stereocenters. The van der Waals surface area contributed by atoms with Crippen molar-refractivity contribution >= 4 is 32.6 Å². The molecule has 0 radical (unpaired) electrons. The normalized spacial score (nSPS) is 21.1. The minimum absolute atomic E-state index is 0.0281. The molecule has 0 saturated heterocycles. The Balaban J connectivity index is 1.57. The van der Waals surface area contributed by atoms with Crippen molar-refractivity contribution in [1.29, 1.82) is 0 Å². The second-order valence-corrected chi connectivity index (χ2v) is 7.29. The summed E-state index contributed by atoms with van der Waals surface area (Å²) < 4.78 is 6.71. The third-order valence-electron chi connectivity index (χ3n) is 4.60. The van der Waals surface area contributed by atoms with Gasteiger partial charge >= 0.3 is 0 Å². The van der Waals surface area contributed by atoms with E-state index in [0.717, 1.165) is 27.4 Å². The highest BCUT2D eigenvalue weighted by Gasteiger charge is 2.22. The summed E-state index contributed by atoms with van der Waals surface area (Å²) in [6.45, 7) is 2.29. The smallest absolute Gasteiger partial charge is 0.258 e. The molecule has 2 unspecified atom stereocenters. The monoisotopic (exact) mass is 375 g/mol. The van der Waals surface area contributed by atoms with E-state index in [1.54, 1.807) is 0 Å². The summed E-state index contributed by atoms with van der Waals surface area (Å²) in [6, 6.07) is 12.3. The molecule has 0 heterocycles. The molecule has 23 heavy (non-hydrogen) atoms. The first kappa shape index (κ1) is 16.3. The van der Waals surface area contributed by atoms with Crippen molar-refractivity contribution in [3.8, 4) is 5.75 Å². The van der Waals surface area contributed by atoms with E-state index >= 15 is 0 Å².